The van der Waals surface area contributed by atoms with Crippen molar-refractivity contribution in [2.75, 3.05) is 11.0 Å². The molecule has 0 radical (unpaired) electrons. The molecule has 0 spiro atoms. The first-order chi connectivity index (χ1) is 13.1. The number of hydrazone groups is 1. The van der Waals surface area contributed by atoms with Crippen LogP contribution in [0, 0.1) is 10.1 Å². The van der Waals surface area contributed by atoms with Gasteiger partial charge >= 0.3 is 0 Å². The number of nitro groups is 1. The summed E-state index contributed by atoms with van der Waals surface area (Å²) in [5.74, 6) is -0.276. The number of nitrogens with zero attached hydrogens (tertiary/aromatic N) is 3. The second-order valence-corrected chi connectivity index (χ2v) is 8.18. The van der Waals surface area contributed by atoms with E-state index in [-0.39, 0.29) is 11.6 Å². The quantitative estimate of drug-likeness (QED) is 0.608. The minimum Gasteiger partial charge on any atom is -0.284 e. The number of nitrogens with one attached hydrogen (secondary N) is 1. The summed E-state index contributed by atoms with van der Waals surface area (Å²) in [6, 6.07) is 12.3. The lowest BCUT2D eigenvalue weighted by atomic mass is 9.98. The molecular weight excluding hydrogens is 384 g/mol. The van der Waals surface area contributed by atoms with E-state index in [1.807, 2.05) is 0 Å². The van der Waals surface area contributed by atoms with E-state index in [0.29, 0.717) is 23.4 Å². The van der Waals surface area contributed by atoms with E-state index in [1.165, 1.54) is 24.1 Å². The van der Waals surface area contributed by atoms with Gasteiger partial charge in [0.2, 0.25) is 15.9 Å². The van der Waals surface area contributed by atoms with Crippen molar-refractivity contribution in [3.05, 3.63) is 69.8 Å². The molecule has 10 heteroatoms. The maximum Gasteiger partial charge on any atom is 0.269 e. The Kier molecular flexibility index (Phi) is 5.14. The highest BCUT2D eigenvalue weighted by Crippen LogP contribution is 2.34. The van der Waals surface area contributed by atoms with E-state index < -0.39 is 21.0 Å². The van der Waals surface area contributed by atoms with Crippen LogP contribution in [-0.2, 0) is 14.8 Å². The van der Waals surface area contributed by atoms with Gasteiger partial charge in [-0.05, 0) is 23.3 Å². The third-order valence-electron chi connectivity index (χ3n) is 4.22. The van der Waals surface area contributed by atoms with Crippen molar-refractivity contribution >= 4 is 33.0 Å². The number of carbonyl (C=O) groups excluding carboxylic acids is 1. The van der Waals surface area contributed by atoms with Crippen LogP contribution in [0.1, 0.15) is 30.5 Å². The molecule has 0 aliphatic carbocycles. The van der Waals surface area contributed by atoms with Crippen LogP contribution in [0.5, 0.6) is 0 Å². The molecule has 0 saturated heterocycles. The van der Waals surface area contributed by atoms with Crippen LogP contribution in [0.15, 0.2) is 53.6 Å². The monoisotopic (exact) mass is 402 g/mol. The van der Waals surface area contributed by atoms with Crippen molar-refractivity contribution < 1.29 is 18.1 Å². The zero-order valence-corrected chi connectivity index (χ0v) is 16.0. The van der Waals surface area contributed by atoms with E-state index in [2.05, 4.69) is 9.82 Å². The molecule has 1 heterocycles. The predicted molar refractivity (Wildman–Crippen MR) is 104 cm³/mol. The van der Waals surface area contributed by atoms with Gasteiger partial charge in [-0.3, -0.25) is 19.6 Å². The van der Waals surface area contributed by atoms with Crippen LogP contribution < -0.4 is 4.72 Å². The summed E-state index contributed by atoms with van der Waals surface area (Å²) >= 11 is 0. The summed E-state index contributed by atoms with van der Waals surface area (Å²) in [5.41, 5.74) is 2.36. The fourth-order valence-electron chi connectivity index (χ4n) is 3.03. The van der Waals surface area contributed by atoms with Gasteiger partial charge in [0.1, 0.15) is 0 Å². The number of hydrogen-bond acceptors (Lipinski definition) is 6. The molecule has 9 nitrogen and oxygen atoms in total. The molecule has 0 bridgehead atoms. The number of sulfonamides is 1. The van der Waals surface area contributed by atoms with E-state index in [9.17, 15) is 23.3 Å². The topological polar surface area (TPSA) is 122 Å². The third-order valence-corrected chi connectivity index (χ3v) is 4.83. The molecule has 0 unspecified atom stereocenters. The number of amides is 1. The second-order valence-electron chi connectivity index (χ2n) is 6.43. The van der Waals surface area contributed by atoms with Crippen molar-refractivity contribution in [3.63, 3.8) is 0 Å². The number of non-ortho nitro benzene ring substituents is 1. The minimum atomic E-state index is -3.37. The number of anilines is 1. The van der Waals surface area contributed by atoms with Crippen LogP contribution in [0.25, 0.3) is 0 Å². The van der Waals surface area contributed by atoms with Crippen LogP contribution in [0.2, 0.25) is 0 Å². The van der Waals surface area contributed by atoms with Gasteiger partial charge < -0.3 is 0 Å². The molecule has 1 aliphatic rings. The lowest BCUT2D eigenvalue weighted by Gasteiger charge is -2.20. The fraction of sp³-hybridized carbons (Fsp3) is 0.222. The van der Waals surface area contributed by atoms with Gasteiger partial charge in [-0.15, -0.1) is 0 Å². The number of benzene rings is 2. The summed E-state index contributed by atoms with van der Waals surface area (Å²) in [6.45, 7) is 1.38. The fourth-order valence-corrected chi connectivity index (χ4v) is 3.59. The highest BCUT2D eigenvalue weighted by atomic mass is 32.2. The van der Waals surface area contributed by atoms with Crippen molar-refractivity contribution in [1.82, 2.24) is 5.01 Å². The zero-order chi connectivity index (χ0) is 20.5. The first-order valence-corrected chi connectivity index (χ1v) is 10.2. The summed E-state index contributed by atoms with van der Waals surface area (Å²) in [5, 5.41) is 16.8. The van der Waals surface area contributed by atoms with Gasteiger partial charge in [0.15, 0.2) is 0 Å². The molecule has 1 aliphatic heterocycles. The second kappa shape index (κ2) is 7.39. The summed E-state index contributed by atoms with van der Waals surface area (Å²) in [7, 11) is -3.37. The molecule has 2 aromatic rings. The smallest absolute Gasteiger partial charge is 0.269 e. The molecule has 1 N–H and O–H groups in total. The molecule has 1 atom stereocenters. The predicted octanol–water partition coefficient (Wildman–Crippen LogP) is 2.66. The molecule has 3 rings (SSSR count). The van der Waals surface area contributed by atoms with E-state index in [1.54, 1.807) is 36.4 Å². The molecule has 0 saturated carbocycles. The number of hydrogen-bond donors (Lipinski definition) is 1. The number of carbonyl (C=O) groups is 1. The highest BCUT2D eigenvalue weighted by molar-refractivity contribution is 7.92. The van der Waals surface area contributed by atoms with Gasteiger partial charge in [0, 0.05) is 31.2 Å². The van der Waals surface area contributed by atoms with Crippen molar-refractivity contribution in [3.8, 4) is 0 Å². The normalized spacial score (nSPS) is 16.6. The van der Waals surface area contributed by atoms with Crippen molar-refractivity contribution in [2.24, 2.45) is 5.10 Å². The van der Waals surface area contributed by atoms with Gasteiger partial charge in [0.25, 0.3) is 5.69 Å². The molecule has 146 valence electrons. The molecular formula is C18H18N4O5S. The Labute approximate surface area is 161 Å². The third kappa shape index (κ3) is 4.34. The maximum atomic E-state index is 12.0. The summed E-state index contributed by atoms with van der Waals surface area (Å²) in [6.07, 6.45) is 1.45. The largest absolute Gasteiger partial charge is 0.284 e. The van der Waals surface area contributed by atoms with Crippen LogP contribution in [0.4, 0.5) is 11.4 Å². The Bertz CT molecular complexity index is 1060. The Morgan fingerprint density at radius 1 is 1.25 bits per heavy atom. The lowest BCUT2D eigenvalue weighted by molar-refractivity contribution is -0.384. The number of rotatable bonds is 5. The first kappa shape index (κ1) is 19.5. The van der Waals surface area contributed by atoms with Gasteiger partial charge in [-0.1, -0.05) is 24.3 Å². The maximum absolute atomic E-state index is 12.0. The average molecular weight is 402 g/mol. The van der Waals surface area contributed by atoms with Gasteiger partial charge in [-0.2, -0.15) is 5.10 Å². The highest BCUT2D eigenvalue weighted by Gasteiger charge is 2.32. The Hall–Kier alpha value is -3.27. The Balaban J connectivity index is 1.88. The summed E-state index contributed by atoms with van der Waals surface area (Å²) < 4.78 is 25.0. The molecule has 1 amide bonds. The average Bonchev–Trinajstić information content (AvgIpc) is 3.07. The molecule has 0 fully saturated rings. The summed E-state index contributed by atoms with van der Waals surface area (Å²) in [4.78, 5) is 22.6. The van der Waals surface area contributed by atoms with Crippen LogP contribution >= 0.6 is 0 Å². The van der Waals surface area contributed by atoms with Crippen LogP contribution in [0.3, 0.4) is 0 Å². The zero-order valence-electron chi connectivity index (χ0n) is 15.2. The SMILES string of the molecule is CC(=O)N1N=C(c2ccc(NS(C)(=O)=O)cc2)C[C@@H]1c1cccc([N+](=O)[O-])c1. The molecule has 28 heavy (non-hydrogen) atoms. The van der Waals surface area contributed by atoms with E-state index >= 15 is 0 Å². The van der Waals surface area contributed by atoms with Crippen LogP contribution in [-0.4, -0.2) is 36.2 Å². The lowest BCUT2D eigenvalue weighted by Crippen LogP contribution is -2.24. The number of nitro benzene ring substituents is 1. The first-order valence-electron chi connectivity index (χ1n) is 8.34. The van der Waals surface area contributed by atoms with Crippen molar-refractivity contribution in [1.29, 1.82) is 0 Å². The van der Waals surface area contributed by atoms with E-state index in [4.69, 9.17) is 0 Å². The Morgan fingerprint density at radius 3 is 2.50 bits per heavy atom. The van der Waals surface area contributed by atoms with Gasteiger partial charge in [-0.25, -0.2) is 13.4 Å². The molecule has 2 aromatic carbocycles. The molecule has 0 aromatic heterocycles. The Morgan fingerprint density at radius 2 is 1.93 bits per heavy atom. The van der Waals surface area contributed by atoms with E-state index in [0.717, 1.165) is 11.8 Å². The van der Waals surface area contributed by atoms with Crippen molar-refractivity contribution in [2.45, 2.75) is 19.4 Å². The standard InChI is InChI=1S/C18H18N4O5S/c1-12(23)21-18(14-4-3-5-16(10-14)22(24)25)11-17(19-21)13-6-8-15(9-7-13)20-28(2,26)27/h3-10,18,20H,11H2,1-2H3/t18-/m1/s1. The minimum absolute atomic E-state index is 0.0503. The van der Waals surface area contributed by atoms with Gasteiger partial charge in [0.05, 0.1) is 22.9 Å².